The van der Waals surface area contributed by atoms with Gasteiger partial charge in [-0.15, -0.1) is 0 Å². The van der Waals surface area contributed by atoms with Crippen LogP contribution >= 0.6 is 11.6 Å². The molecule has 0 amide bonds. The first-order valence-corrected chi connectivity index (χ1v) is 7.70. The Morgan fingerprint density at radius 1 is 1.33 bits per heavy atom. The van der Waals surface area contributed by atoms with Crippen LogP contribution in [-0.2, 0) is 0 Å². The predicted octanol–water partition coefficient (Wildman–Crippen LogP) is 2.46. The van der Waals surface area contributed by atoms with Crippen molar-refractivity contribution >= 4 is 34.1 Å². The van der Waals surface area contributed by atoms with Gasteiger partial charge >= 0.3 is 0 Å². The Bertz CT molecular complexity index is 537. The molecule has 3 rings (SSSR count). The summed E-state index contributed by atoms with van der Waals surface area (Å²) in [4.78, 5) is 3.86. The van der Waals surface area contributed by atoms with Crippen LogP contribution in [0.15, 0.2) is 24.3 Å². The number of hydrogen-bond acceptors (Lipinski definition) is 3. The van der Waals surface area contributed by atoms with Gasteiger partial charge in [-0.2, -0.15) is 0 Å². The Hall–Kier alpha value is -1.59. The Kier molecular flexibility index (Phi) is 4.12. The topological polar surface area (TPSA) is 66.2 Å². The zero-order valence-corrected chi connectivity index (χ0v) is 12.7. The molecular formula is C15H20ClN5. The summed E-state index contributed by atoms with van der Waals surface area (Å²) in [6, 6.07) is 8.00. The summed E-state index contributed by atoms with van der Waals surface area (Å²) in [6.45, 7) is 3.15. The Labute approximate surface area is 129 Å². The van der Waals surface area contributed by atoms with Gasteiger partial charge in [-0.1, -0.05) is 0 Å². The second-order valence-corrected chi connectivity index (χ2v) is 5.99. The molecule has 1 aromatic carbocycles. The molecule has 0 spiro atoms. The van der Waals surface area contributed by atoms with E-state index in [1.54, 1.807) is 0 Å². The second kappa shape index (κ2) is 6.03. The predicted molar refractivity (Wildman–Crippen MR) is 88.0 cm³/mol. The van der Waals surface area contributed by atoms with Crippen LogP contribution < -0.4 is 15.1 Å². The lowest BCUT2D eigenvalue weighted by molar-refractivity contribution is 0.709. The molecule has 0 bridgehead atoms. The number of nitrogens with zero attached hydrogens (tertiary/aromatic N) is 2. The summed E-state index contributed by atoms with van der Waals surface area (Å²) in [5.41, 5.74) is 1.98. The fraction of sp³-hybridized carbons (Fsp3) is 0.467. The summed E-state index contributed by atoms with van der Waals surface area (Å²) < 4.78 is 0. The lowest BCUT2D eigenvalue weighted by Crippen LogP contribution is -2.47. The number of rotatable bonds is 4. The number of benzene rings is 1. The molecule has 0 aromatic heterocycles. The van der Waals surface area contributed by atoms with E-state index in [1.165, 1.54) is 12.8 Å². The average Bonchev–Trinajstić information content (AvgIpc) is 3.29. The van der Waals surface area contributed by atoms with E-state index in [2.05, 4.69) is 5.32 Å². The molecule has 2 aliphatic rings. The van der Waals surface area contributed by atoms with Crippen molar-refractivity contribution in [2.75, 3.05) is 36.0 Å². The van der Waals surface area contributed by atoms with E-state index in [9.17, 15) is 0 Å². The summed E-state index contributed by atoms with van der Waals surface area (Å²) >= 11 is 5.92. The fourth-order valence-corrected chi connectivity index (χ4v) is 2.75. The van der Waals surface area contributed by atoms with E-state index >= 15 is 0 Å². The van der Waals surface area contributed by atoms with Gasteiger partial charge in [0.2, 0.25) is 0 Å². The summed E-state index contributed by atoms with van der Waals surface area (Å²) in [5.74, 6) is 1.26. The van der Waals surface area contributed by atoms with Gasteiger partial charge in [0, 0.05) is 31.0 Å². The second-order valence-electron chi connectivity index (χ2n) is 5.64. The maximum absolute atomic E-state index is 7.99. The van der Waals surface area contributed by atoms with Gasteiger partial charge in [-0.25, -0.2) is 0 Å². The molecule has 112 valence electrons. The molecule has 3 N–H and O–H groups in total. The maximum atomic E-state index is 7.99. The van der Waals surface area contributed by atoms with Crippen LogP contribution in [0.4, 0.5) is 11.4 Å². The van der Waals surface area contributed by atoms with Gasteiger partial charge in [0.1, 0.15) is 5.84 Å². The number of halogens is 1. The number of amidine groups is 2. The van der Waals surface area contributed by atoms with E-state index in [0.29, 0.717) is 18.3 Å². The quantitative estimate of drug-likeness (QED) is 0.455. The molecule has 0 unspecified atom stereocenters. The molecule has 1 aromatic rings. The molecular weight excluding hydrogens is 286 g/mol. The highest BCUT2D eigenvalue weighted by molar-refractivity contribution is 6.67. The molecule has 0 atom stereocenters. The van der Waals surface area contributed by atoms with Crippen molar-refractivity contribution in [3.8, 4) is 0 Å². The lowest BCUT2D eigenvalue weighted by Gasteiger charge is -2.30. The van der Waals surface area contributed by atoms with Gasteiger partial charge in [0.05, 0.1) is 6.54 Å². The van der Waals surface area contributed by atoms with E-state index in [-0.39, 0.29) is 5.29 Å². The van der Waals surface area contributed by atoms with Crippen LogP contribution in [0.5, 0.6) is 0 Å². The van der Waals surface area contributed by atoms with E-state index < -0.39 is 0 Å². The Morgan fingerprint density at radius 3 is 2.62 bits per heavy atom. The van der Waals surface area contributed by atoms with Crippen molar-refractivity contribution in [1.29, 1.82) is 10.8 Å². The highest BCUT2D eigenvalue weighted by Crippen LogP contribution is 2.32. The van der Waals surface area contributed by atoms with Crippen molar-refractivity contribution in [3.63, 3.8) is 0 Å². The van der Waals surface area contributed by atoms with Crippen molar-refractivity contribution in [1.82, 2.24) is 5.32 Å². The Morgan fingerprint density at radius 2 is 2.05 bits per heavy atom. The van der Waals surface area contributed by atoms with Crippen molar-refractivity contribution in [3.05, 3.63) is 24.3 Å². The number of hydrogen-bond donors (Lipinski definition) is 3. The molecule has 1 aliphatic carbocycles. The highest BCUT2D eigenvalue weighted by Gasteiger charge is 2.26. The largest absolute Gasteiger partial charge is 0.328 e. The molecule has 1 saturated heterocycles. The van der Waals surface area contributed by atoms with E-state index in [1.807, 2.05) is 34.1 Å². The third-order valence-corrected chi connectivity index (χ3v) is 4.18. The Balaban J connectivity index is 1.75. The van der Waals surface area contributed by atoms with Crippen LogP contribution in [0.1, 0.15) is 12.8 Å². The van der Waals surface area contributed by atoms with E-state index in [4.69, 9.17) is 22.4 Å². The first kappa shape index (κ1) is 14.4. The van der Waals surface area contributed by atoms with Crippen LogP contribution in [-0.4, -0.2) is 37.3 Å². The zero-order chi connectivity index (χ0) is 14.8. The minimum absolute atomic E-state index is 0.0737. The number of piperazine rings is 1. The zero-order valence-electron chi connectivity index (χ0n) is 11.9. The summed E-state index contributed by atoms with van der Waals surface area (Å²) in [7, 11) is 0. The molecule has 1 aliphatic heterocycles. The fourth-order valence-electron chi connectivity index (χ4n) is 2.58. The molecule has 1 heterocycles. The number of nitrogens with one attached hydrogen (secondary N) is 3. The van der Waals surface area contributed by atoms with Crippen molar-refractivity contribution < 1.29 is 0 Å². The maximum Gasteiger partial charge on any atom is 0.195 e. The molecule has 5 nitrogen and oxygen atoms in total. The summed E-state index contributed by atoms with van der Waals surface area (Å²) in [5, 5.41) is 19.0. The average molecular weight is 306 g/mol. The van der Waals surface area contributed by atoms with Crippen LogP contribution in [0.25, 0.3) is 0 Å². The normalized spacial score (nSPS) is 18.7. The standard InChI is InChI=1S/C15H20ClN5/c16-15(18)21(10-11-1-2-11)13-5-3-12(4-6-13)20-8-7-19-9-14(20)17/h3-6,11,17-19H,1-2,7-10H2. The smallest absolute Gasteiger partial charge is 0.195 e. The first-order chi connectivity index (χ1) is 10.1. The minimum Gasteiger partial charge on any atom is -0.328 e. The SMILES string of the molecule is N=C(Cl)N(CC1CC1)c1ccc(N2CCNCC2=N)cc1. The van der Waals surface area contributed by atoms with E-state index in [0.717, 1.165) is 31.0 Å². The van der Waals surface area contributed by atoms with Crippen LogP contribution in [0.2, 0.25) is 0 Å². The van der Waals surface area contributed by atoms with Crippen LogP contribution in [0.3, 0.4) is 0 Å². The van der Waals surface area contributed by atoms with Crippen LogP contribution in [0, 0.1) is 16.7 Å². The first-order valence-electron chi connectivity index (χ1n) is 7.32. The third-order valence-electron chi connectivity index (χ3n) is 3.98. The van der Waals surface area contributed by atoms with Gasteiger partial charge in [-0.05, 0) is 54.6 Å². The van der Waals surface area contributed by atoms with Gasteiger partial charge < -0.3 is 15.1 Å². The molecule has 0 radical (unpaired) electrons. The lowest BCUT2D eigenvalue weighted by atomic mass is 10.2. The van der Waals surface area contributed by atoms with Gasteiger partial charge in [-0.3, -0.25) is 10.8 Å². The van der Waals surface area contributed by atoms with Crippen molar-refractivity contribution in [2.24, 2.45) is 5.92 Å². The van der Waals surface area contributed by atoms with Crippen molar-refractivity contribution in [2.45, 2.75) is 12.8 Å². The number of anilines is 2. The molecule has 21 heavy (non-hydrogen) atoms. The van der Waals surface area contributed by atoms with Gasteiger partial charge in [0.25, 0.3) is 0 Å². The summed E-state index contributed by atoms with van der Waals surface area (Å²) in [6.07, 6.45) is 2.47. The highest BCUT2D eigenvalue weighted by atomic mass is 35.5. The van der Waals surface area contributed by atoms with Gasteiger partial charge in [0.15, 0.2) is 5.29 Å². The monoisotopic (exact) mass is 305 g/mol. The molecule has 2 fully saturated rings. The molecule has 1 saturated carbocycles. The molecule has 6 heteroatoms. The third kappa shape index (κ3) is 3.36. The minimum atomic E-state index is 0.0737.